The van der Waals surface area contributed by atoms with Crippen LogP contribution in [0.5, 0.6) is 0 Å². The molecule has 0 atom stereocenters. The maximum atomic E-state index is 9.10. The van der Waals surface area contributed by atoms with Crippen molar-refractivity contribution in [3.05, 3.63) is 191 Å². The molecule has 0 unspecified atom stereocenters. The molecule has 4 aromatic rings. The van der Waals surface area contributed by atoms with Crippen molar-refractivity contribution in [2.24, 2.45) is 0 Å². The molecule has 0 saturated heterocycles. The molecule has 0 spiro atoms. The van der Waals surface area contributed by atoms with Crippen LogP contribution in [0.15, 0.2) is 169 Å². The third kappa shape index (κ3) is 18.3. The Balaban J connectivity index is 0.000000344. The lowest BCUT2D eigenvalue weighted by atomic mass is 9.90. The molecule has 68 heavy (non-hydrogen) atoms. The average molecular weight is 925 g/mol. The van der Waals surface area contributed by atoms with Crippen molar-refractivity contribution >= 4 is 69.8 Å². The van der Waals surface area contributed by atoms with Crippen LogP contribution >= 0.6 is 0 Å². The van der Waals surface area contributed by atoms with Gasteiger partial charge in [0.15, 0.2) is 11.4 Å². The minimum atomic E-state index is -2.19. The third-order valence-electron chi connectivity index (χ3n) is 9.33. The lowest BCUT2D eigenvalue weighted by Crippen LogP contribution is -2.42. The van der Waals surface area contributed by atoms with E-state index in [4.69, 9.17) is 59.4 Å². The maximum absolute atomic E-state index is 9.10. The molecule has 0 fully saturated rings. The smallest absolute Gasteiger partial charge is 0.414 e. The molecular formula is C52H52N4O12-2. The Morgan fingerprint density at radius 2 is 0.618 bits per heavy atom. The van der Waals surface area contributed by atoms with Gasteiger partial charge in [0.1, 0.15) is 28.2 Å². The van der Waals surface area contributed by atoms with Crippen LogP contribution in [0.25, 0.3) is 11.1 Å². The van der Waals surface area contributed by atoms with Crippen LogP contribution in [0.1, 0.15) is 22.3 Å². The molecule has 0 saturated carbocycles. The monoisotopic (exact) mass is 924 g/mol. The van der Waals surface area contributed by atoms with Gasteiger partial charge in [-0.2, -0.15) is 0 Å². The van der Waals surface area contributed by atoms with E-state index >= 15 is 0 Å². The highest BCUT2D eigenvalue weighted by atomic mass is 16.5. The van der Waals surface area contributed by atoms with Gasteiger partial charge in [-0.05, 0) is 93.1 Å². The van der Waals surface area contributed by atoms with E-state index in [-0.39, 0.29) is 0 Å². The fourth-order valence-electron chi connectivity index (χ4n) is 5.91. The van der Waals surface area contributed by atoms with E-state index in [2.05, 4.69) is 233 Å². The molecule has 6 rings (SSSR count). The van der Waals surface area contributed by atoms with E-state index in [1.54, 1.807) is 0 Å². The van der Waals surface area contributed by atoms with E-state index in [1.807, 2.05) is 0 Å². The molecule has 4 aromatic carbocycles. The minimum Gasteiger partial charge on any atom is -0.543 e. The molecule has 0 radical (unpaired) electrons. The van der Waals surface area contributed by atoms with Gasteiger partial charge in [-0.25, -0.2) is 18.7 Å². The van der Waals surface area contributed by atoms with E-state index < -0.39 is 35.8 Å². The van der Waals surface area contributed by atoms with E-state index in [9.17, 15) is 0 Å². The van der Waals surface area contributed by atoms with Crippen molar-refractivity contribution in [3.8, 4) is 0 Å². The number of nitrogens with zero attached hydrogens (tertiary/aromatic N) is 4. The molecular weight excluding hydrogens is 873 g/mol. The molecule has 2 aliphatic carbocycles. The average Bonchev–Trinajstić information content (AvgIpc) is 3.31. The zero-order valence-corrected chi connectivity index (χ0v) is 38.8. The third-order valence-corrected chi connectivity index (χ3v) is 9.33. The molecule has 0 aliphatic heterocycles. The molecule has 0 bridgehead atoms. The molecule has 16 heteroatoms. The summed E-state index contributed by atoms with van der Waals surface area (Å²) in [6.45, 7) is 0. The summed E-state index contributed by atoms with van der Waals surface area (Å²) in [7, 11) is 16.5. The number of aliphatic carboxylic acids is 6. The van der Waals surface area contributed by atoms with Crippen LogP contribution in [0.3, 0.4) is 0 Å². The van der Waals surface area contributed by atoms with Gasteiger partial charge < -0.3 is 59.6 Å². The highest BCUT2D eigenvalue weighted by Crippen LogP contribution is 2.32. The molecule has 16 nitrogen and oxygen atoms in total. The van der Waals surface area contributed by atoms with Crippen molar-refractivity contribution in [1.29, 1.82) is 0 Å². The van der Waals surface area contributed by atoms with Crippen molar-refractivity contribution in [3.63, 3.8) is 0 Å². The van der Waals surface area contributed by atoms with Crippen LogP contribution < -0.4 is 30.2 Å². The van der Waals surface area contributed by atoms with Crippen molar-refractivity contribution in [2.75, 3.05) is 66.2 Å². The lowest BCUT2D eigenvalue weighted by Gasteiger charge is -2.16. The number of benzene rings is 4. The molecule has 354 valence electrons. The summed E-state index contributed by atoms with van der Waals surface area (Å²) in [4.78, 5) is 58.1. The summed E-state index contributed by atoms with van der Waals surface area (Å²) in [5, 5.41) is 50.5. The van der Waals surface area contributed by atoms with E-state index in [0.29, 0.717) is 0 Å². The van der Waals surface area contributed by atoms with Crippen molar-refractivity contribution in [2.45, 2.75) is 0 Å². The lowest BCUT2D eigenvalue weighted by molar-refractivity contribution is -0.462. The van der Waals surface area contributed by atoms with Gasteiger partial charge in [-0.1, -0.05) is 84.9 Å². The van der Waals surface area contributed by atoms with Gasteiger partial charge in [-0.3, -0.25) is 0 Å². The summed E-state index contributed by atoms with van der Waals surface area (Å²) < 4.78 is 4.25. The molecule has 2 N–H and O–H groups in total. The van der Waals surface area contributed by atoms with Gasteiger partial charge >= 0.3 is 11.9 Å². The molecule has 0 amide bonds. The number of carboxylic acids is 6. The Hall–Kier alpha value is -8.92. The molecule has 2 aliphatic rings. The zero-order valence-electron chi connectivity index (χ0n) is 38.8. The Kier molecular flexibility index (Phi) is 22.3. The quantitative estimate of drug-likeness (QED) is 0.202. The normalized spacial score (nSPS) is 11.6. The Labute approximate surface area is 394 Å². The molecule has 0 aromatic heterocycles. The number of carbonyl (C=O) groups excluding carboxylic acids is 4. The van der Waals surface area contributed by atoms with E-state index in [1.165, 1.54) is 67.3 Å². The number of allylic oxidation sites excluding steroid dienone is 10. The van der Waals surface area contributed by atoms with Gasteiger partial charge in [0.05, 0.1) is 23.9 Å². The number of hydrogen-bond donors (Lipinski definition) is 2. The summed E-state index contributed by atoms with van der Waals surface area (Å²) in [6.07, 6.45) is 17.5. The standard InChI is InChI=1S/2C23H25N2.3C2H2O4/c2*1-24(2)21-14-10-19(11-15-21)23(18-8-6-5-7-9-18)20-12-16-22(17-13-20)25(3)4;3*3-1(4)2(5)6/h2*5-17H,1-4H3;3*(H,3,4)(H,5,6)/q2*+1;;;/p-4. The van der Waals surface area contributed by atoms with E-state index in [0.717, 1.165) is 0 Å². The first-order valence-corrected chi connectivity index (χ1v) is 20.3. The van der Waals surface area contributed by atoms with Crippen LogP contribution in [-0.2, 0) is 28.8 Å². The summed E-state index contributed by atoms with van der Waals surface area (Å²) >= 11 is 0. The first-order valence-electron chi connectivity index (χ1n) is 20.3. The van der Waals surface area contributed by atoms with Crippen molar-refractivity contribution in [1.82, 2.24) is 0 Å². The van der Waals surface area contributed by atoms with Crippen LogP contribution in [0.2, 0.25) is 0 Å². The van der Waals surface area contributed by atoms with Crippen molar-refractivity contribution < 1.29 is 68.6 Å². The highest BCUT2D eigenvalue weighted by Gasteiger charge is 2.15. The predicted molar refractivity (Wildman–Crippen MR) is 253 cm³/mol. The summed E-state index contributed by atoms with van der Waals surface area (Å²) in [5.74, 6) is -12.4. The second-order valence-corrected chi connectivity index (χ2v) is 15.0. The topological polar surface area (TPSA) is 248 Å². The van der Waals surface area contributed by atoms with Gasteiger partial charge in [0, 0.05) is 63.9 Å². The van der Waals surface area contributed by atoms with Crippen LogP contribution in [0, 0.1) is 0 Å². The second-order valence-electron chi connectivity index (χ2n) is 15.0. The van der Waals surface area contributed by atoms with Crippen LogP contribution in [0.4, 0.5) is 11.4 Å². The van der Waals surface area contributed by atoms with Gasteiger partial charge in [0.25, 0.3) is 0 Å². The number of hydrogen-bond acceptors (Lipinski definition) is 12. The SMILES string of the molecule is CN(C)c1ccc(C(=C2C=CC(=[N+](C)C)C=C2)c2ccccc2)cc1.CN(C)c1ccc(C(=C2C=CC(=[N+](C)C)C=C2)c2ccccc2)cc1.O=C(O)C(=O)O.O=C([O-])C(=O)[O-].O=C([O-])C(=O)[O-]. The number of anilines is 2. The first kappa shape index (κ1) is 55.2. The van der Waals surface area contributed by atoms with Gasteiger partial charge in [-0.15, -0.1) is 0 Å². The number of carboxylic acid groups (broad SMARTS) is 6. The Bertz CT molecular complexity index is 2400. The fourth-order valence-corrected chi connectivity index (χ4v) is 5.91. The summed E-state index contributed by atoms with van der Waals surface area (Å²) in [5.41, 5.74) is 14.7. The minimum absolute atomic E-state index is 1.21. The zero-order chi connectivity index (χ0) is 51.1. The summed E-state index contributed by atoms with van der Waals surface area (Å²) in [6, 6.07) is 38.7. The molecule has 0 heterocycles. The Morgan fingerprint density at radius 1 is 0.382 bits per heavy atom. The van der Waals surface area contributed by atoms with Crippen LogP contribution in [-0.4, -0.2) is 123 Å². The van der Waals surface area contributed by atoms with Gasteiger partial charge in [0.2, 0.25) is 0 Å². The highest BCUT2D eigenvalue weighted by molar-refractivity contribution is 6.27. The predicted octanol–water partition coefficient (Wildman–Crippen LogP) is 0.915. The second kappa shape index (κ2) is 27.4. The number of carbonyl (C=O) groups is 6. The number of rotatable bonds is 6. The Morgan fingerprint density at radius 3 is 0.809 bits per heavy atom. The maximum Gasteiger partial charge on any atom is 0.414 e. The fraction of sp³-hybridized carbons (Fsp3) is 0.154. The first-order chi connectivity index (χ1) is 32.0. The largest absolute Gasteiger partial charge is 0.543 e.